The highest BCUT2D eigenvalue weighted by Gasteiger charge is 2.40. The highest BCUT2D eigenvalue weighted by atomic mass is 19.4. The summed E-state index contributed by atoms with van der Waals surface area (Å²) in [6.07, 6.45) is 0.203. The SMILES string of the molecule is Cc1ccccc1-n1ncc(C(=O)Nc2ccc(-n3cncn3)nc2)c1C(F)(F)F. The second-order valence-electron chi connectivity index (χ2n) is 6.30. The fourth-order valence-corrected chi connectivity index (χ4v) is 2.89. The fourth-order valence-electron chi connectivity index (χ4n) is 2.89. The number of carbonyl (C=O) groups is 1. The molecule has 30 heavy (non-hydrogen) atoms. The number of nitrogens with zero attached hydrogens (tertiary/aromatic N) is 6. The molecule has 1 aromatic carbocycles. The number of hydrogen-bond donors (Lipinski definition) is 1. The molecule has 0 radical (unpaired) electrons. The van der Waals surface area contributed by atoms with Crippen molar-refractivity contribution in [1.82, 2.24) is 29.5 Å². The molecule has 11 heteroatoms. The number of amides is 1. The Balaban J connectivity index is 1.65. The second-order valence-corrected chi connectivity index (χ2v) is 6.30. The number of para-hydroxylation sites is 1. The lowest BCUT2D eigenvalue weighted by Gasteiger charge is -2.14. The van der Waals surface area contributed by atoms with Crippen LogP contribution < -0.4 is 5.32 Å². The van der Waals surface area contributed by atoms with Crippen LogP contribution in [-0.2, 0) is 6.18 Å². The molecule has 1 N–H and O–H groups in total. The van der Waals surface area contributed by atoms with Crippen LogP contribution in [0.25, 0.3) is 11.5 Å². The molecule has 0 saturated heterocycles. The van der Waals surface area contributed by atoms with Crippen LogP contribution in [0, 0.1) is 6.92 Å². The van der Waals surface area contributed by atoms with Gasteiger partial charge in [-0.25, -0.2) is 19.3 Å². The van der Waals surface area contributed by atoms with Crippen LogP contribution in [0.5, 0.6) is 0 Å². The van der Waals surface area contributed by atoms with Crippen LogP contribution in [0.1, 0.15) is 21.6 Å². The number of benzene rings is 1. The monoisotopic (exact) mass is 413 g/mol. The van der Waals surface area contributed by atoms with Crippen LogP contribution in [0.15, 0.2) is 61.4 Å². The summed E-state index contributed by atoms with van der Waals surface area (Å²) in [5.74, 6) is -0.508. The molecular weight excluding hydrogens is 399 g/mol. The largest absolute Gasteiger partial charge is 0.434 e. The Bertz CT molecular complexity index is 1180. The predicted molar refractivity (Wildman–Crippen MR) is 100 cm³/mol. The first-order chi connectivity index (χ1) is 14.3. The maximum atomic E-state index is 13.8. The Hall–Kier alpha value is -4.02. The zero-order chi connectivity index (χ0) is 21.3. The number of pyridine rings is 1. The van der Waals surface area contributed by atoms with Crippen molar-refractivity contribution in [2.24, 2.45) is 0 Å². The van der Waals surface area contributed by atoms with Gasteiger partial charge in [-0.15, -0.1) is 0 Å². The first-order valence-electron chi connectivity index (χ1n) is 8.68. The van der Waals surface area contributed by atoms with Gasteiger partial charge in [0.2, 0.25) is 0 Å². The molecular formula is C19H14F3N7O. The molecule has 0 spiro atoms. The molecule has 1 amide bonds. The lowest BCUT2D eigenvalue weighted by molar-refractivity contribution is -0.143. The number of rotatable bonds is 4. The minimum absolute atomic E-state index is 0.223. The molecule has 0 aliphatic rings. The number of nitrogens with one attached hydrogen (secondary N) is 1. The van der Waals surface area contributed by atoms with Gasteiger partial charge in [0.05, 0.1) is 29.3 Å². The molecule has 4 rings (SSSR count). The summed E-state index contributed by atoms with van der Waals surface area (Å²) in [7, 11) is 0. The fraction of sp³-hybridized carbons (Fsp3) is 0.105. The van der Waals surface area contributed by atoms with Gasteiger partial charge in [0, 0.05) is 0 Å². The second kappa shape index (κ2) is 7.43. The van der Waals surface area contributed by atoms with E-state index in [0.717, 1.165) is 10.9 Å². The van der Waals surface area contributed by atoms with E-state index in [9.17, 15) is 18.0 Å². The van der Waals surface area contributed by atoms with Crippen molar-refractivity contribution < 1.29 is 18.0 Å². The zero-order valence-corrected chi connectivity index (χ0v) is 15.5. The summed E-state index contributed by atoms with van der Waals surface area (Å²) < 4.78 is 43.5. The van der Waals surface area contributed by atoms with Gasteiger partial charge < -0.3 is 5.32 Å². The lowest BCUT2D eigenvalue weighted by Crippen LogP contribution is -2.21. The van der Waals surface area contributed by atoms with Crippen molar-refractivity contribution in [2.45, 2.75) is 13.1 Å². The van der Waals surface area contributed by atoms with Crippen molar-refractivity contribution in [3.63, 3.8) is 0 Å². The topological polar surface area (TPSA) is 90.5 Å². The molecule has 0 aliphatic heterocycles. The number of aromatic nitrogens is 6. The summed E-state index contributed by atoms with van der Waals surface area (Å²) in [4.78, 5) is 20.5. The normalized spacial score (nSPS) is 11.5. The van der Waals surface area contributed by atoms with Gasteiger partial charge in [-0.2, -0.15) is 23.4 Å². The Kier molecular flexibility index (Phi) is 4.78. The van der Waals surface area contributed by atoms with Crippen molar-refractivity contribution in [3.05, 3.63) is 78.3 Å². The van der Waals surface area contributed by atoms with Crippen molar-refractivity contribution in [3.8, 4) is 11.5 Å². The van der Waals surface area contributed by atoms with Crippen LogP contribution >= 0.6 is 0 Å². The Morgan fingerprint density at radius 1 is 1.07 bits per heavy atom. The first-order valence-corrected chi connectivity index (χ1v) is 8.68. The van der Waals surface area contributed by atoms with Crippen molar-refractivity contribution in [1.29, 1.82) is 0 Å². The van der Waals surface area contributed by atoms with E-state index in [2.05, 4.69) is 25.5 Å². The minimum atomic E-state index is -4.79. The van der Waals surface area contributed by atoms with E-state index < -0.39 is 23.3 Å². The van der Waals surface area contributed by atoms with Crippen LogP contribution in [0.3, 0.4) is 0 Å². The van der Waals surface area contributed by atoms with Gasteiger partial charge >= 0.3 is 6.18 Å². The molecule has 0 bridgehead atoms. The zero-order valence-electron chi connectivity index (χ0n) is 15.5. The van der Waals surface area contributed by atoms with Crippen molar-refractivity contribution in [2.75, 3.05) is 5.32 Å². The minimum Gasteiger partial charge on any atom is -0.320 e. The molecule has 0 fully saturated rings. The van der Waals surface area contributed by atoms with E-state index in [0.29, 0.717) is 11.4 Å². The van der Waals surface area contributed by atoms with Gasteiger partial charge in [-0.05, 0) is 30.7 Å². The Labute approximate surface area is 168 Å². The Morgan fingerprint density at radius 3 is 2.50 bits per heavy atom. The number of hydrogen-bond acceptors (Lipinski definition) is 5. The average molecular weight is 413 g/mol. The summed E-state index contributed by atoms with van der Waals surface area (Å²) in [5, 5.41) is 10.2. The van der Waals surface area contributed by atoms with E-state index in [1.54, 1.807) is 31.2 Å². The highest BCUT2D eigenvalue weighted by molar-refractivity contribution is 6.05. The van der Waals surface area contributed by atoms with E-state index in [-0.39, 0.29) is 11.4 Å². The van der Waals surface area contributed by atoms with E-state index in [1.165, 1.54) is 35.7 Å². The first kappa shape index (κ1) is 19.3. The lowest BCUT2D eigenvalue weighted by atomic mass is 10.1. The number of carbonyl (C=O) groups excluding carboxylic acids is 1. The maximum Gasteiger partial charge on any atom is 0.434 e. The molecule has 0 atom stereocenters. The molecule has 4 aromatic rings. The quantitative estimate of drug-likeness (QED) is 0.554. The molecule has 152 valence electrons. The average Bonchev–Trinajstić information content (AvgIpc) is 3.39. The third-order valence-corrected chi connectivity index (χ3v) is 4.29. The molecule has 8 nitrogen and oxygen atoms in total. The molecule has 3 aromatic heterocycles. The van der Waals surface area contributed by atoms with Gasteiger partial charge in [0.15, 0.2) is 11.5 Å². The highest BCUT2D eigenvalue weighted by Crippen LogP contribution is 2.34. The van der Waals surface area contributed by atoms with Gasteiger partial charge in [-0.3, -0.25) is 4.79 Å². The molecule has 0 unspecified atom stereocenters. The maximum absolute atomic E-state index is 13.8. The number of alkyl halides is 3. The van der Waals surface area contributed by atoms with E-state index in [1.807, 2.05) is 0 Å². The third-order valence-electron chi connectivity index (χ3n) is 4.29. The molecule has 0 saturated carbocycles. The van der Waals surface area contributed by atoms with Crippen LogP contribution in [0.2, 0.25) is 0 Å². The summed E-state index contributed by atoms with van der Waals surface area (Å²) in [6.45, 7) is 1.67. The van der Waals surface area contributed by atoms with Crippen LogP contribution in [0.4, 0.5) is 18.9 Å². The third kappa shape index (κ3) is 3.64. The number of anilines is 1. The van der Waals surface area contributed by atoms with Gasteiger partial charge in [-0.1, -0.05) is 18.2 Å². The van der Waals surface area contributed by atoms with E-state index >= 15 is 0 Å². The summed E-state index contributed by atoms with van der Waals surface area (Å²) >= 11 is 0. The molecule has 0 aliphatic carbocycles. The van der Waals surface area contributed by atoms with E-state index in [4.69, 9.17) is 0 Å². The summed E-state index contributed by atoms with van der Waals surface area (Å²) in [5.41, 5.74) is -0.693. The number of halogens is 3. The van der Waals surface area contributed by atoms with Crippen LogP contribution in [-0.4, -0.2) is 35.4 Å². The smallest absolute Gasteiger partial charge is 0.320 e. The summed E-state index contributed by atoms with van der Waals surface area (Å²) in [6, 6.07) is 9.53. The number of aryl methyl sites for hydroxylation is 1. The molecule has 3 heterocycles. The predicted octanol–water partition coefficient (Wildman–Crippen LogP) is 3.43. The van der Waals surface area contributed by atoms with Crippen molar-refractivity contribution >= 4 is 11.6 Å². The standard InChI is InChI=1S/C19H14F3N7O/c1-12-4-2-3-5-15(12)29-17(19(20,21)22)14(9-25-29)18(30)27-13-6-7-16(24-8-13)28-11-23-10-26-28/h2-11H,1H3,(H,27,30). The van der Waals surface area contributed by atoms with Gasteiger partial charge in [0.1, 0.15) is 12.7 Å². The van der Waals surface area contributed by atoms with Gasteiger partial charge in [0.25, 0.3) is 5.91 Å². The Morgan fingerprint density at radius 2 is 1.87 bits per heavy atom.